The Morgan fingerprint density at radius 3 is 0.963 bits per heavy atom. The van der Waals surface area contributed by atoms with Gasteiger partial charge in [0.05, 0.1) is 0 Å². The third-order valence-corrected chi connectivity index (χ3v) is 22.1. The molecule has 0 aromatic heterocycles. The van der Waals surface area contributed by atoms with E-state index in [-0.39, 0.29) is 0 Å². The number of rotatable bonds is 4. The summed E-state index contributed by atoms with van der Waals surface area (Å²) in [6.07, 6.45) is 2.01. The van der Waals surface area contributed by atoms with Crippen molar-refractivity contribution in [2.75, 3.05) is 114 Å². The van der Waals surface area contributed by atoms with Crippen LogP contribution in [0, 0.1) is 0 Å². The molecule has 0 atom stereocenters. The van der Waals surface area contributed by atoms with Crippen LogP contribution < -0.4 is 58.8 Å². The Kier molecular flexibility index (Phi) is 8.86. The second-order valence-corrected chi connectivity index (χ2v) is 26.2. The molecule has 8 bridgehead atoms. The van der Waals surface area contributed by atoms with Crippen molar-refractivity contribution in [3.63, 3.8) is 0 Å². The number of anilines is 20. The molecule has 0 radical (unpaired) electrons. The Balaban J connectivity index is 0.933. The summed E-state index contributed by atoms with van der Waals surface area (Å²) in [5, 5.41) is 0. The molecular weight excluding hydrogens is 1370 g/mol. The zero-order valence-electron chi connectivity index (χ0n) is 56.5. The molecule has 0 spiro atoms. The molecular formula is C68H60N12Pt2. The van der Waals surface area contributed by atoms with Crippen LogP contribution in [-0.2, 0) is 35.3 Å². The predicted molar refractivity (Wildman–Crippen MR) is 340 cm³/mol. The first-order valence-corrected chi connectivity index (χ1v) is 31.6. The quantitative estimate of drug-likeness (QED) is 0.169. The third kappa shape index (κ3) is 7.57. The Labute approximate surface area is 512 Å². The van der Waals surface area contributed by atoms with Gasteiger partial charge in [-0.25, -0.2) is 0 Å². The van der Waals surface area contributed by atoms with E-state index in [1.54, 1.807) is 0 Å². The molecule has 1 fully saturated rings. The molecule has 1 saturated heterocycles. The maximum atomic E-state index is 9.22. The number of benzene rings is 9. The Bertz CT molecular complexity index is 4760. The average Bonchev–Trinajstić information content (AvgIpc) is 1.56. The summed E-state index contributed by atoms with van der Waals surface area (Å²) >= 11 is -3.37. The summed E-state index contributed by atoms with van der Waals surface area (Å²) in [6.45, 7) is -8.99. The van der Waals surface area contributed by atoms with Crippen molar-refractivity contribution >= 4 is 130 Å². The van der Waals surface area contributed by atoms with Crippen LogP contribution in [0.25, 0.3) is 0 Å². The van der Waals surface area contributed by atoms with Crippen LogP contribution in [0.15, 0.2) is 206 Å². The summed E-state index contributed by atoms with van der Waals surface area (Å²) in [5.41, 5.74) is 13.8. The molecule has 14 heteroatoms. The Morgan fingerprint density at radius 1 is 0.305 bits per heavy atom. The zero-order valence-corrected chi connectivity index (χ0v) is 49.0. The molecule has 412 valence electrons. The summed E-state index contributed by atoms with van der Waals surface area (Å²) in [4.78, 5) is 22.5. The number of hydrogen-bond acceptors (Lipinski definition) is 12. The van der Waals surface area contributed by atoms with Crippen LogP contribution in [0.1, 0.15) is 29.3 Å². The van der Waals surface area contributed by atoms with Crippen LogP contribution in [0.2, 0.25) is 0 Å². The normalized spacial score (nSPS) is 19.5. The van der Waals surface area contributed by atoms with Crippen LogP contribution in [0.4, 0.5) is 114 Å². The number of hydrogen-bond donors (Lipinski definition) is 0. The van der Waals surface area contributed by atoms with Crippen molar-refractivity contribution < 1.29 is 51.7 Å². The zero-order chi connectivity index (χ0) is 65.1. The van der Waals surface area contributed by atoms with E-state index in [1.807, 2.05) is 167 Å². The van der Waals surface area contributed by atoms with Crippen molar-refractivity contribution in [2.45, 2.75) is 12.8 Å². The van der Waals surface area contributed by atoms with Gasteiger partial charge in [-0.15, -0.1) is 0 Å². The molecule has 7 heterocycles. The van der Waals surface area contributed by atoms with Gasteiger partial charge in [0.2, 0.25) is 0 Å². The first kappa shape index (κ1) is 38.2. The number of nitrogens with zero attached hydrogens (tertiary/aromatic N) is 12. The molecule has 0 amide bonds. The Hall–Kier alpha value is -8.56. The van der Waals surface area contributed by atoms with Gasteiger partial charge in [0.25, 0.3) is 0 Å². The van der Waals surface area contributed by atoms with E-state index >= 15 is 0 Å². The second kappa shape index (κ2) is 19.0. The number of fused-ring (bicyclic) bond motifs is 24. The van der Waals surface area contributed by atoms with Crippen molar-refractivity contribution in [1.29, 1.82) is 0 Å². The molecule has 7 aliphatic heterocycles. The SMILES string of the molecule is [2H]C([2H])([2H])N1[C]2=[Pt]=[C]3N(c4cc(N(C)C)cc(c4)N(c4ccc(N5c6cccc(c6)N6[C](=[Pt]=[C]7N(c8cc(N9CCCC9)cc5c8)c5ccccc5N7C([2H])([2H])[2H])N(C([2H])([2H])[2H])c5ccccc56)cc4)c4cccc(c4)N2c2ccccc21)c1ccccc1N3C([2H])([2H])[2H]. The molecule has 82 heavy (non-hydrogen) atoms. The van der Waals surface area contributed by atoms with Crippen LogP contribution >= 0.6 is 0 Å². The van der Waals surface area contributed by atoms with E-state index in [9.17, 15) is 12.3 Å². The predicted octanol–water partition coefficient (Wildman–Crippen LogP) is 14.2. The summed E-state index contributed by atoms with van der Waals surface area (Å²) in [5.74, 6) is 0. The summed E-state index contributed by atoms with van der Waals surface area (Å²) in [7, 11) is 3.95. The Morgan fingerprint density at radius 2 is 0.598 bits per heavy atom. The first-order chi connectivity index (χ1) is 45.0. The van der Waals surface area contributed by atoms with Crippen LogP contribution in [0.3, 0.4) is 0 Å². The fraction of sp³-hybridized carbons (Fsp3) is 0.147. The van der Waals surface area contributed by atoms with Gasteiger partial charge >= 0.3 is 515 Å². The molecule has 0 aliphatic carbocycles. The average molecular weight is 1450 g/mol. The third-order valence-electron chi connectivity index (χ3n) is 16.0. The second-order valence-electron chi connectivity index (χ2n) is 21.0. The minimum absolute atomic E-state index is 0.460. The van der Waals surface area contributed by atoms with E-state index in [0.29, 0.717) is 79.1 Å². The van der Waals surface area contributed by atoms with E-state index in [4.69, 9.17) is 4.11 Å². The van der Waals surface area contributed by atoms with Crippen LogP contribution in [-0.4, -0.2) is 71.7 Å². The first-order valence-electron chi connectivity index (χ1n) is 33.1. The fourth-order valence-corrected chi connectivity index (χ4v) is 18.4. The van der Waals surface area contributed by atoms with Crippen LogP contribution in [0.5, 0.6) is 0 Å². The summed E-state index contributed by atoms with van der Waals surface area (Å²) < 4.78 is 112. The van der Waals surface area contributed by atoms with Gasteiger partial charge in [0.15, 0.2) is 0 Å². The van der Waals surface area contributed by atoms with E-state index in [0.717, 1.165) is 77.1 Å². The van der Waals surface area contributed by atoms with E-state index in [2.05, 4.69) is 92.4 Å². The topological polar surface area (TPSA) is 38.9 Å². The molecule has 12 nitrogen and oxygen atoms in total. The molecule has 0 N–H and O–H groups in total. The van der Waals surface area contributed by atoms with Gasteiger partial charge in [-0.2, -0.15) is 0 Å². The molecule has 9 aromatic rings. The summed E-state index contributed by atoms with van der Waals surface area (Å²) in [6, 6.07) is 67.1. The molecule has 7 aliphatic rings. The van der Waals surface area contributed by atoms with Crippen molar-refractivity contribution in [3.8, 4) is 0 Å². The van der Waals surface area contributed by atoms with Gasteiger partial charge < -0.3 is 0 Å². The molecule has 9 aromatic carbocycles. The number of para-hydroxylation sites is 8. The molecule has 16 rings (SSSR count). The van der Waals surface area contributed by atoms with Gasteiger partial charge in [0, 0.05) is 0 Å². The molecule has 0 saturated carbocycles. The van der Waals surface area contributed by atoms with Gasteiger partial charge in [-0.05, 0) is 0 Å². The van der Waals surface area contributed by atoms with E-state index in [1.165, 1.54) is 19.6 Å². The minimum atomic E-state index is -2.67. The molecule has 0 unspecified atom stereocenters. The van der Waals surface area contributed by atoms with Crippen molar-refractivity contribution in [1.82, 2.24) is 0 Å². The fourth-order valence-electron chi connectivity index (χ4n) is 12.1. The monoisotopic (exact) mass is 1450 g/mol. The maximum absolute atomic E-state index is 9.22. The van der Waals surface area contributed by atoms with E-state index < -0.39 is 63.2 Å². The van der Waals surface area contributed by atoms with Gasteiger partial charge in [0.1, 0.15) is 0 Å². The van der Waals surface area contributed by atoms with Crippen molar-refractivity contribution in [3.05, 3.63) is 206 Å². The van der Waals surface area contributed by atoms with Gasteiger partial charge in [-0.1, -0.05) is 0 Å². The van der Waals surface area contributed by atoms with Gasteiger partial charge in [-0.3, -0.25) is 0 Å². The van der Waals surface area contributed by atoms with Crippen molar-refractivity contribution in [2.24, 2.45) is 0 Å². The standard InChI is InChI=1S/C68H60N12.2Pt/c1-69(2)55-39-57(77-47-72(5)63-25-9-13-29-67(63)77)43-59(40-55)79(53-21-17-19-51(37-53)75-45-70(3)61-23-7-11-27-65(61)75)49-31-33-50(34-32-49)80(54-22-18-20-52(38-54)76-46-71(4)62-24-8-12-28-66(62)76)60-42-56(74-35-15-16-36-74)41-58(44-60)78-48-73(6)64-26-10-14-30-68(64)78;;/h7-14,17-34,37-44H,15-16,35-36H2,1-6H3;;/i3D3,4D3,5D3,6D3;;.